The van der Waals surface area contributed by atoms with Crippen LogP contribution >= 0.6 is 0 Å². The lowest BCUT2D eigenvalue weighted by atomic mass is 10.1. The lowest BCUT2D eigenvalue weighted by molar-refractivity contribution is -0.138. The van der Waals surface area contributed by atoms with Gasteiger partial charge in [0.1, 0.15) is 0 Å². The fourth-order valence-corrected chi connectivity index (χ4v) is 3.75. The summed E-state index contributed by atoms with van der Waals surface area (Å²) in [5.41, 5.74) is 0. The SMILES string of the molecule is CCCCCC(O)O.CCCCCCCCCCCC(=O)O.CCCCCCCCCCCC(=O)O. The van der Waals surface area contributed by atoms with Gasteiger partial charge in [0.25, 0.3) is 0 Å². The van der Waals surface area contributed by atoms with Crippen LogP contribution in [0.5, 0.6) is 0 Å². The van der Waals surface area contributed by atoms with E-state index in [1.54, 1.807) is 0 Å². The van der Waals surface area contributed by atoms with Gasteiger partial charge < -0.3 is 20.4 Å². The maximum absolute atomic E-state index is 10.2. The smallest absolute Gasteiger partial charge is 0.303 e. The minimum atomic E-state index is -1.10. The van der Waals surface area contributed by atoms with Gasteiger partial charge in [0.05, 0.1) is 0 Å². The summed E-state index contributed by atoms with van der Waals surface area (Å²) in [5.74, 6) is -1.32. The summed E-state index contributed by atoms with van der Waals surface area (Å²) >= 11 is 0. The van der Waals surface area contributed by atoms with Crippen LogP contribution < -0.4 is 0 Å². The highest BCUT2D eigenvalue weighted by atomic mass is 16.5. The van der Waals surface area contributed by atoms with E-state index in [1.807, 2.05) is 0 Å². The topological polar surface area (TPSA) is 115 Å². The molecule has 0 aromatic rings. The highest BCUT2D eigenvalue weighted by Gasteiger charge is 1.97. The standard InChI is InChI=1S/2C12H24O2.C6H14O2/c2*1-2-3-4-5-6-7-8-9-10-11-12(13)14;1-2-3-4-5-6(7)8/h2*2-11H2,1H3,(H,13,14);6-8H,2-5H2,1H3. The monoisotopic (exact) mass is 518 g/mol. The Hall–Kier alpha value is -1.14. The molecule has 218 valence electrons. The van der Waals surface area contributed by atoms with Crippen molar-refractivity contribution in [3.05, 3.63) is 0 Å². The summed E-state index contributed by atoms with van der Waals surface area (Å²) in [6.45, 7) is 6.54. The van der Waals surface area contributed by atoms with Crippen LogP contribution in [-0.4, -0.2) is 38.7 Å². The molecular weight excluding hydrogens is 456 g/mol. The second-order valence-electron chi connectivity index (χ2n) is 9.92. The van der Waals surface area contributed by atoms with Crippen molar-refractivity contribution >= 4 is 11.9 Å². The zero-order valence-electron chi connectivity index (χ0n) is 24.2. The number of hydrogen-bond acceptors (Lipinski definition) is 4. The van der Waals surface area contributed by atoms with E-state index in [4.69, 9.17) is 20.4 Å². The lowest BCUT2D eigenvalue weighted by Crippen LogP contribution is -2.02. The third kappa shape index (κ3) is 49.9. The fourth-order valence-electron chi connectivity index (χ4n) is 3.75. The molecule has 0 spiro atoms. The van der Waals surface area contributed by atoms with E-state index >= 15 is 0 Å². The molecule has 0 aliphatic heterocycles. The molecule has 0 atom stereocenters. The van der Waals surface area contributed by atoms with Gasteiger partial charge in [-0.1, -0.05) is 136 Å². The molecule has 6 heteroatoms. The van der Waals surface area contributed by atoms with Gasteiger partial charge in [-0.25, -0.2) is 0 Å². The Balaban J connectivity index is -0.000000472. The average molecular weight is 519 g/mol. The van der Waals surface area contributed by atoms with E-state index in [-0.39, 0.29) is 0 Å². The Bertz CT molecular complexity index is 394. The zero-order valence-corrected chi connectivity index (χ0v) is 24.2. The fraction of sp³-hybridized carbons (Fsp3) is 0.933. The molecule has 36 heavy (non-hydrogen) atoms. The molecule has 0 bridgehead atoms. The number of carboxylic acid groups (broad SMARTS) is 2. The Morgan fingerprint density at radius 2 is 0.694 bits per heavy atom. The number of carbonyl (C=O) groups is 2. The minimum absolute atomic E-state index is 0.343. The van der Waals surface area contributed by atoms with Crippen LogP contribution in [0.1, 0.15) is 175 Å². The normalized spacial score (nSPS) is 10.4. The molecule has 0 saturated carbocycles. The van der Waals surface area contributed by atoms with Gasteiger partial charge in [0.15, 0.2) is 6.29 Å². The molecule has 0 amide bonds. The molecule has 0 aromatic heterocycles. The van der Waals surface area contributed by atoms with Gasteiger partial charge in [-0.05, 0) is 25.7 Å². The van der Waals surface area contributed by atoms with Crippen molar-refractivity contribution in [2.45, 2.75) is 181 Å². The molecule has 0 aliphatic carbocycles. The van der Waals surface area contributed by atoms with Crippen LogP contribution in [0.4, 0.5) is 0 Å². The summed E-state index contributed by atoms with van der Waals surface area (Å²) in [6.07, 6.45) is 25.5. The van der Waals surface area contributed by atoms with Gasteiger partial charge in [-0.15, -0.1) is 0 Å². The van der Waals surface area contributed by atoms with Gasteiger partial charge in [0.2, 0.25) is 0 Å². The zero-order chi connectivity index (χ0) is 27.7. The van der Waals surface area contributed by atoms with Crippen LogP contribution in [-0.2, 0) is 9.59 Å². The Kier molecular flexibility index (Phi) is 39.4. The third-order valence-electron chi connectivity index (χ3n) is 6.05. The van der Waals surface area contributed by atoms with E-state index in [0.29, 0.717) is 19.3 Å². The quantitative estimate of drug-likeness (QED) is 0.0749. The van der Waals surface area contributed by atoms with E-state index in [0.717, 1.165) is 44.9 Å². The first-order chi connectivity index (χ1) is 17.3. The number of aliphatic hydroxyl groups is 2. The molecule has 0 aliphatic rings. The predicted molar refractivity (Wildman–Crippen MR) is 151 cm³/mol. The molecule has 0 heterocycles. The van der Waals surface area contributed by atoms with Crippen molar-refractivity contribution in [1.29, 1.82) is 0 Å². The number of hydrogen-bond donors (Lipinski definition) is 4. The maximum atomic E-state index is 10.2. The van der Waals surface area contributed by atoms with Crippen molar-refractivity contribution in [1.82, 2.24) is 0 Å². The van der Waals surface area contributed by atoms with Gasteiger partial charge >= 0.3 is 11.9 Å². The van der Waals surface area contributed by atoms with Gasteiger partial charge in [-0.3, -0.25) is 9.59 Å². The van der Waals surface area contributed by atoms with Crippen LogP contribution in [0.3, 0.4) is 0 Å². The molecular formula is C30H62O6. The van der Waals surface area contributed by atoms with Crippen molar-refractivity contribution in [2.24, 2.45) is 0 Å². The van der Waals surface area contributed by atoms with Crippen LogP contribution in [0.2, 0.25) is 0 Å². The summed E-state index contributed by atoms with van der Waals surface area (Å²) in [6, 6.07) is 0. The lowest BCUT2D eigenvalue weighted by Gasteiger charge is -2.00. The molecule has 0 aromatic carbocycles. The summed E-state index contributed by atoms with van der Waals surface area (Å²) in [7, 11) is 0. The molecule has 0 fully saturated rings. The summed E-state index contributed by atoms with van der Waals surface area (Å²) in [5, 5.41) is 33.5. The average Bonchev–Trinajstić information content (AvgIpc) is 2.82. The molecule has 0 radical (unpaired) electrons. The second kappa shape index (κ2) is 36.0. The van der Waals surface area contributed by atoms with E-state index in [1.165, 1.54) is 89.9 Å². The van der Waals surface area contributed by atoms with Gasteiger partial charge in [0, 0.05) is 12.8 Å². The number of unbranched alkanes of at least 4 members (excludes halogenated alkanes) is 18. The Labute approximate surface area is 223 Å². The first-order valence-corrected chi connectivity index (χ1v) is 15.1. The molecule has 6 nitrogen and oxygen atoms in total. The largest absolute Gasteiger partial charge is 0.481 e. The molecule has 0 rings (SSSR count). The number of aliphatic hydroxyl groups excluding tert-OH is 1. The molecule has 0 unspecified atom stereocenters. The Morgan fingerprint density at radius 1 is 0.444 bits per heavy atom. The second-order valence-corrected chi connectivity index (χ2v) is 9.92. The molecule has 4 N–H and O–H groups in total. The number of rotatable bonds is 24. The van der Waals surface area contributed by atoms with Crippen LogP contribution in [0.25, 0.3) is 0 Å². The van der Waals surface area contributed by atoms with Crippen LogP contribution in [0.15, 0.2) is 0 Å². The summed E-state index contributed by atoms with van der Waals surface area (Å²) in [4.78, 5) is 20.4. The predicted octanol–water partition coefficient (Wildman–Crippen LogP) is 8.86. The van der Waals surface area contributed by atoms with E-state index in [2.05, 4.69) is 20.8 Å². The van der Waals surface area contributed by atoms with Gasteiger partial charge in [-0.2, -0.15) is 0 Å². The van der Waals surface area contributed by atoms with Crippen molar-refractivity contribution in [3.8, 4) is 0 Å². The number of aliphatic carboxylic acids is 2. The van der Waals surface area contributed by atoms with Crippen molar-refractivity contribution < 1.29 is 30.0 Å². The molecule has 0 saturated heterocycles. The minimum Gasteiger partial charge on any atom is -0.481 e. The Morgan fingerprint density at radius 3 is 0.944 bits per heavy atom. The van der Waals surface area contributed by atoms with Crippen molar-refractivity contribution in [3.63, 3.8) is 0 Å². The van der Waals surface area contributed by atoms with Crippen LogP contribution in [0, 0.1) is 0 Å². The summed E-state index contributed by atoms with van der Waals surface area (Å²) < 4.78 is 0. The van der Waals surface area contributed by atoms with Crippen molar-refractivity contribution in [2.75, 3.05) is 0 Å². The number of carboxylic acids is 2. The highest BCUT2D eigenvalue weighted by Crippen LogP contribution is 2.11. The third-order valence-corrected chi connectivity index (χ3v) is 6.05. The van der Waals surface area contributed by atoms with E-state index < -0.39 is 18.2 Å². The first kappa shape index (κ1) is 39.4. The first-order valence-electron chi connectivity index (χ1n) is 15.1. The van der Waals surface area contributed by atoms with E-state index in [9.17, 15) is 9.59 Å². The highest BCUT2D eigenvalue weighted by molar-refractivity contribution is 5.66. The maximum Gasteiger partial charge on any atom is 0.303 e.